The fourth-order valence-corrected chi connectivity index (χ4v) is 2.62. The lowest BCUT2D eigenvalue weighted by molar-refractivity contribution is 0.803. The van der Waals surface area contributed by atoms with E-state index in [2.05, 4.69) is 31.6 Å². The summed E-state index contributed by atoms with van der Waals surface area (Å²) in [5, 5.41) is 12.0. The summed E-state index contributed by atoms with van der Waals surface area (Å²) >= 11 is 9.67. The van der Waals surface area contributed by atoms with E-state index in [1.807, 2.05) is 48.7 Å². The maximum atomic E-state index is 6.21. The molecule has 0 fully saturated rings. The van der Waals surface area contributed by atoms with E-state index in [-0.39, 0.29) is 0 Å². The highest BCUT2D eigenvalue weighted by atomic mass is 79.9. The Kier molecular flexibility index (Phi) is 4.22. The van der Waals surface area contributed by atoms with Crippen LogP contribution in [0.25, 0.3) is 5.69 Å². The summed E-state index contributed by atoms with van der Waals surface area (Å²) in [7, 11) is 0. The minimum Gasteiger partial charge on any atom is -0.379 e. The molecule has 21 heavy (non-hydrogen) atoms. The molecule has 4 nitrogen and oxygen atoms in total. The van der Waals surface area contributed by atoms with Gasteiger partial charge in [-0.2, -0.15) is 0 Å². The summed E-state index contributed by atoms with van der Waals surface area (Å²) in [6, 6.07) is 13.7. The molecule has 3 rings (SSSR count). The molecule has 0 radical (unpaired) electrons. The van der Waals surface area contributed by atoms with Crippen LogP contribution >= 0.6 is 27.5 Å². The van der Waals surface area contributed by atoms with Crippen LogP contribution in [0.2, 0.25) is 5.02 Å². The first-order valence-corrected chi connectivity index (χ1v) is 7.54. The number of halogens is 2. The fraction of sp³-hybridized carbons (Fsp3) is 0.0667. The predicted octanol–water partition coefficient (Wildman–Crippen LogP) is 4.30. The van der Waals surface area contributed by atoms with Crippen LogP contribution in [0.15, 0.2) is 59.3 Å². The van der Waals surface area contributed by atoms with Crippen LogP contribution in [0.1, 0.15) is 5.56 Å². The van der Waals surface area contributed by atoms with E-state index in [0.29, 0.717) is 6.54 Å². The van der Waals surface area contributed by atoms with E-state index < -0.39 is 0 Å². The molecular weight excluding hydrogens is 352 g/mol. The van der Waals surface area contributed by atoms with Crippen molar-refractivity contribution in [1.29, 1.82) is 0 Å². The summed E-state index contributed by atoms with van der Waals surface area (Å²) in [4.78, 5) is 0. The molecule has 0 bridgehead atoms. The van der Waals surface area contributed by atoms with Crippen LogP contribution in [0.4, 0.5) is 5.69 Å². The van der Waals surface area contributed by atoms with Crippen LogP contribution in [-0.4, -0.2) is 15.0 Å². The molecule has 0 aliphatic carbocycles. The Morgan fingerprint density at radius 1 is 1.19 bits per heavy atom. The number of hydrogen-bond donors (Lipinski definition) is 1. The van der Waals surface area contributed by atoms with Gasteiger partial charge < -0.3 is 5.32 Å². The molecule has 6 heteroatoms. The summed E-state index contributed by atoms with van der Waals surface area (Å²) in [6.07, 6.45) is 3.47. The van der Waals surface area contributed by atoms with Crippen LogP contribution in [0.5, 0.6) is 0 Å². The van der Waals surface area contributed by atoms with Crippen molar-refractivity contribution in [3.63, 3.8) is 0 Å². The molecule has 1 N–H and O–H groups in total. The average Bonchev–Trinajstić information content (AvgIpc) is 3.03. The predicted molar refractivity (Wildman–Crippen MR) is 87.8 cm³/mol. The quantitative estimate of drug-likeness (QED) is 0.751. The van der Waals surface area contributed by atoms with E-state index in [9.17, 15) is 0 Å². The Balaban J connectivity index is 1.84. The normalized spacial score (nSPS) is 10.6. The van der Waals surface area contributed by atoms with Crippen molar-refractivity contribution in [1.82, 2.24) is 15.0 Å². The number of hydrogen-bond acceptors (Lipinski definition) is 3. The van der Waals surface area contributed by atoms with Crippen molar-refractivity contribution in [3.05, 3.63) is 69.9 Å². The molecule has 1 heterocycles. The molecule has 2 aromatic carbocycles. The first kappa shape index (κ1) is 14.1. The molecule has 0 amide bonds. The van der Waals surface area contributed by atoms with Crippen molar-refractivity contribution in [3.8, 4) is 5.69 Å². The SMILES string of the molecule is Clc1ccc(Br)cc1CNc1ccccc1-n1ccnn1. The Morgan fingerprint density at radius 3 is 2.86 bits per heavy atom. The van der Waals surface area contributed by atoms with Gasteiger partial charge in [0.05, 0.1) is 23.8 Å². The van der Waals surface area contributed by atoms with Crippen LogP contribution < -0.4 is 5.32 Å². The minimum atomic E-state index is 0.629. The van der Waals surface area contributed by atoms with Crippen molar-refractivity contribution >= 4 is 33.2 Å². The van der Waals surface area contributed by atoms with Gasteiger partial charge in [-0.1, -0.05) is 44.9 Å². The topological polar surface area (TPSA) is 42.7 Å². The monoisotopic (exact) mass is 362 g/mol. The van der Waals surface area contributed by atoms with Gasteiger partial charge in [0.15, 0.2) is 0 Å². The van der Waals surface area contributed by atoms with Gasteiger partial charge in [-0.3, -0.25) is 0 Å². The fourth-order valence-electron chi connectivity index (χ4n) is 2.03. The van der Waals surface area contributed by atoms with Crippen LogP contribution in [0.3, 0.4) is 0 Å². The zero-order valence-corrected chi connectivity index (χ0v) is 13.3. The van der Waals surface area contributed by atoms with Gasteiger partial charge in [-0.25, -0.2) is 4.68 Å². The number of rotatable bonds is 4. The average molecular weight is 364 g/mol. The zero-order valence-electron chi connectivity index (χ0n) is 11.0. The minimum absolute atomic E-state index is 0.629. The van der Waals surface area contributed by atoms with E-state index in [0.717, 1.165) is 26.4 Å². The molecule has 0 saturated carbocycles. The Labute approximate surface area is 135 Å². The van der Waals surface area contributed by atoms with E-state index in [1.165, 1.54) is 0 Å². The van der Waals surface area contributed by atoms with Crippen LogP contribution in [-0.2, 0) is 6.54 Å². The second-order valence-electron chi connectivity index (χ2n) is 4.45. The molecule has 1 aromatic heterocycles. The molecule has 0 spiro atoms. The smallest absolute Gasteiger partial charge is 0.0894 e. The van der Waals surface area contributed by atoms with E-state index >= 15 is 0 Å². The molecule has 0 aliphatic rings. The molecule has 3 aromatic rings. The highest BCUT2D eigenvalue weighted by Crippen LogP contribution is 2.24. The lowest BCUT2D eigenvalue weighted by Gasteiger charge is -2.12. The molecule has 0 atom stereocenters. The maximum absolute atomic E-state index is 6.21. The van der Waals surface area contributed by atoms with Gasteiger partial charge in [0.1, 0.15) is 0 Å². The van der Waals surface area contributed by atoms with Gasteiger partial charge in [0.2, 0.25) is 0 Å². The Hall–Kier alpha value is -1.85. The summed E-state index contributed by atoms with van der Waals surface area (Å²) < 4.78 is 2.73. The highest BCUT2D eigenvalue weighted by molar-refractivity contribution is 9.10. The maximum Gasteiger partial charge on any atom is 0.0894 e. The third kappa shape index (κ3) is 3.25. The van der Waals surface area contributed by atoms with Gasteiger partial charge in [0.25, 0.3) is 0 Å². The third-order valence-corrected chi connectivity index (χ3v) is 3.91. The number of benzene rings is 2. The standard InChI is InChI=1S/C15H12BrClN4/c16-12-5-6-13(17)11(9-12)10-18-14-3-1-2-4-15(14)21-8-7-19-20-21/h1-9,18H,10H2. The van der Waals surface area contributed by atoms with Crippen molar-refractivity contribution in [2.75, 3.05) is 5.32 Å². The van der Waals surface area contributed by atoms with Crippen molar-refractivity contribution < 1.29 is 0 Å². The second-order valence-corrected chi connectivity index (χ2v) is 5.78. The van der Waals surface area contributed by atoms with E-state index in [1.54, 1.807) is 10.9 Å². The van der Waals surface area contributed by atoms with Gasteiger partial charge in [0, 0.05) is 16.0 Å². The Bertz CT molecular complexity index is 743. The van der Waals surface area contributed by atoms with Crippen LogP contribution in [0, 0.1) is 0 Å². The van der Waals surface area contributed by atoms with Gasteiger partial charge in [-0.15, -0.1) is 5.10 Å². The Morgan fingerprint density at radius 2 is 2.05 bits per heavy atom. The van der Waals surface area contributed by atoms with E-state index in [4.69, 9.17) is 11.6 Å². The summed E-state index contributed by atoms with van der Waals surface area (Å²) in [6.45, 7) is 0.629. The summed E-state index contributed by atoms with van der Waals surface area (Å²) in [5.74, 6) is 0. The first-order valence-electron chi connectivity index (χ1n) is 6.37. The molecule has 0 unspecified atom stereocenters. The highest BCUT2D eigenvalue weighted by Gasteiger charge is 2.06. The number of nitrogens with zero attached hydrogens (tertiary/aromatic N) is 3. The first-order chi connectivity index (χ1) is 10.2. The number of nitrogens with one attached hydrogen (secondary N) is 1. The van der Waals surface area contributed by atoms with Crippen molar-refractivity contribution in [2.45, 2.75) is 6.54 Å². The second kappa shape index (κ2) is 6.28. The van der Waals surface area contributed by atoms with Gasteiger partial charge in [-0.05, 0) is 35.9 Å². The lowest BCUT2D eigenvalue weighted by Crippen LogP contribution is -2.05. The molecular formula is C15H12BrClN4. The number of para-hydroxylation sites is 2. The third-order valence-electron chi connectivity index (χ3n) is 3.05. The molecule has 0 aliphatic heterocycles. The number of anilines is 1. The summed E-state index contributed by atoms with van der Waals surface area (Å²) in [5.41, 5.74) is 2.94. The lowest BCUT2D eigenvalue weighted by atomic mass is 10.2. The van der Waals surface area contributed by atoms with Crippen molar-refractivity contribution in [2.24, 2.45) is 0 Å². The molecule has 0 saturated heterocycles. The largest absolute Gasteiger partial charge is 0.379 e. The van der Waals surface area contributed by atoms with Gasteiger partial charge >= 0.3 is 0 Å². The number of aromatic nitrogens is 3. The molecule has 106 valence electrons. The zero-order chi connectivity index (χ0) is 14.7.